The molecule has 0 fully saturated rings. The van der Waals surface area contributed by atoms with Gasteiger partial charge in [0, 0.05) is 36.4 Å². The maximum atomic E-state index is 12.3. The number of anilines is 1. The molecule has 1 aliphatic heterocycles. The van der Waals surface area contributed by atoms with E-state index in [0.717, 1.165) is 4.90 Å². The number of benzene rings is 1. The second kappa shape index (κ2) is 8.39. The average molecular weight is 371 g/mol. The Morgan fingerprint density at radius 2 is 2.17 bits per heavy atom. The summed E-state index contributed by atoms with van der Waals surface area (Å²) in [6, 6.07) is 5.28. The summed E-state index contributed by atoms with van der Waals surface area (Å²) in [5, 5.41) is 2.86. The summed E-state index contributed by atoms with van der Waals surface area (Å²) in [6.45, 7) is 0.444. The molecule has 0 bridgehead atoms. The predicted octanol–water partition coefficient (Wildman–Crippen LogP) is 2.55. The van der Waals surface area contributed by atoms with Crippen molar-refractivity contribution >= 4 is 46.8 Å². The van der Waals surface area contributed by atoms with E-state index in [1.165, 1.54) is 23.8 Å². The van der Waals surface area contributed by atoms with E-state index < -0.39 is 5.25 Å². The van der Waals surface area contributed by atoms with Crippen molar-refractivity contribution in [3.05, 3.63) is 23.2 Å². The SMILES string of the molecule is COC(=O)CCCN(C)C(=O)C[C@@H]1Sc2ccc(Cl)cc2NC1=O. The average Bonchev–Trinajstić information content (AvgIpc) is 2.55. The van der Waals surface area contributed by atoms with Crippen LogP contribution in [-0.2, 0) is 19.1 Å². The molecule has 1 aromatic carbocycles. The molecule has 0 spiro atoms. The lowest BCUT2D eigenvalue weighted by Crippen LogP contribution is -2.36. The fraction of sp³-hybridized carbons (Fsp3) is 0.438. The van der Waals surface area contributed by atoms with Crippen LogP contribution in [0.3, 0.4) is 0 Å². The van der Waals surface area contributed by atoms with Crippen LogP contribution in [0, 0.1) is 0 Å². The first-order valence-corrected chi connectivity index (χ1v) is 8.74. The highest BCUT2D eigenvalue weighted by molar-refractivity contribution is 8.01. The largest absolute Gasteiger partial charge is 0.469 e. The number of carbonyl (C=O) groups is 3. The second-order valence-electron chi connectivity index (χ2n) is 5.44. The zero-order chi connectivity index (χ0) is 17.7. The van der Waals surface area contributed by atoms with Crippen LogP contribution in [0.4, 0.5) is 5.69 Å². The molecule has 2 amide bonds. The molecule has 130 valence electrons. The summed E-state index contributed by atoms with van der Waals surface area (Å²) in [7, 11) is 3.00. The molecule has 1 N–H and O–H groups in total. The van der Waals surface area contributed by atoms with E-state index in [-0.39, 0.29) is 30.6 Å². The molecular weight excluding hydrogens is 352 g/mol. The van der Waals surface area contributed by atoms with Gasteiger partial charge < -0.3 is 15.0 Å². The molecule has 1 aliphatic rings. The molecule has 0 radical (unpaired) electrons. The topological polar surface area (TPSA) is 75.7 Å². The first kappa shape index (κ1) is 18.6. The van der Waals surface area contributed by atoms with Crippen LogP contribution in [0.2, 0.25) is 5.02 Å². The Hall–Kier alpha value is -1.73. The minimum absolute atomic E-state index is 0.104. The van der Waals surface area contributed by atoms with Crippen molar-refractivity contribution in [2.24, 2.45) is 0 Å². The van der Waals surface area contributed by atoms with Crippen LogP contribution in [-0.4, -0.2) is 48.6 Å². The number of fused-ring (bicyclic) bond motifs is 1. The number of esters is 1. The molecule has 1 atom stereocenters. The number of halogens is 1. The third-order valence-electron chi connectivity index (χ3n) is 3.65. The Morgan fingerprint density at radius 3 is 2.88 bits per heavy atom. The maximum Gasteiger partial charge on any atom is 0.305 e. The van der Waals surface area contributed by atoms with Gasteiger partial charge >= 0.3 is 5.97 Å². The molecular formula is C16H19ClN2O4S. The molecule has 1 aromatic rings. The highest BCUT2D eigenvalue weighted by atomic mass is 35.5. The van der Waals surface area contributed by atoms with Crippen LogP contribution in [0.15, 0.2) is 23.1 Å². The van der Waals surface area contributed by atoms with Gasteiger partial charge in [-0.2, -0.15) is 0 Å². The molecule has 2 rings (SSSR count). The van der Waals surface area contributed by atoms with Crippen molar-refractivity contribution in [2.75, 3.05) is 26.0 Å². The number of hydrogen-bond acceptors (Lipinski definition) is 5. The van der Waals surface area contributed by atoms with Crippen molar-refractivity contribution in [1.29, 1.82) is 0 Å². The summed E-state index contributed by atoms with van der Waals surface area (Å²) < 4.78 is 4.56. The highest BCUT2D eigenvalue weighted by Crippen LogP contribution is 2.38. The van der Waals surface area contributed by atoms with E-state index >= 15 is 0 Å². The molecule has 24 heavy (non-hydrogen) atoms. The van der Waals surface area contributed by atoms with Gasteiger partial charge in [0.2, 0.25) is 11.8 Å². The van der Waals surface area contributed by atoms with E-state index in [1.54, 1.807) is 19.2 Å². The standard InChI is InChI=1S/C16H19ClN2O4S/c1-19(7-3-4-15(21)23-2)14(20)9-13-16(22)18-11-8-10(17)5-6-12(11)24-13/h5-6,8,13H,3-4,7,9H2,1-2H3,(H,18,22)/t13-/m0/s1. The minimum Gasteiger partial charge on any atom is -0.469 e. The normalized spacial score (nSPS) is 16.1. The maximum absolute atomic E-state index is 12.3. The zero-order valence-corrected chi connectivity index (χ0v) is 15.1. The van der Waals surface area contributed by atoms with Gasteiger partial charge in [-0.25, -0.2) is 0 Å². The molecule has 8 heteroatoms. The number of carbonyl (C=O) groups excluding carboxylic acids is 3. The molecule has 0 saturated heterocycles. The van der Waals surface area contributed by atoms with Crippen LogP contribution in [0.25, 0.3) is 0 Å². The first-order valence-electron chi connectivity index (χ1n) is 7.48. The van der Waals surface area contributed by atoms with Crippen molar-refractivity contribution in [1.82, 2.24) is 4.90 Å². The number of methoxy groups -OCH3 is 1. The molecule has 0 saturated carbocycles. The summed E-state index contributed by atoms with van der Waals surface area (Å²) in [4.78, 5) is 37.9. The number of thioether (sulfide) groups is 1. The second-order valence-corrected chi connectivity index (χ2v) is 7.12. The van der Waals surface area contributed by atoms with Crippen molar-refractivity contribution in [3.63, 3.8) is 0 Å². The van der Waals surface area contributed by atoms with Crippen molar-refractivity contribution < 1.29 is 19.1 Å². The Labute approximate surface area is 149 Å². The van der Waals surface area contributed by atoms with Gasteiger partial charge in [-0.15, -0.1) is 11.8 Å². The van der Waals surface area contributed by atoms with Crippen molar-refractivity contribution in [3.8, 4) is 0 Å². The van der Waals surface area contributed by atoms with Gasteiger partial charge in [-0.3, -0.25) is 14.4 Å². The lowest BCUT2D eigenvalue weighted by molar-refractivity contribution is -0.141. The number of ether oxygens (including phenoxy) is 1. The molecule has 0 aliphatic carbocycles. The van der Waals surface area contributed by atoms with E-state index in [0.29, 0.717) is 23.7 Å². The number of rotatable bonds is 6. The van der Waals surface area contributed by atoms with Crippen LogP contribution in [0.5, 0.6) is 0 Å². The van der Waals surface area contributed by atoms with Gasteiger partial charge in [0.1, 0.15) is 0 Å². The van der Waals surface area contributed by atoms with E-state index in [9.17, 15) is 14.4 Å². The van der Waals surface area contributed by atoms with Gasteiger partial charge in [0.05, 0.1) is 18.0 Å². The number of hydrogen-bond donors (Lipinski definition) is 1. The fourth-order valence-electron chi connectivity index (χ4n) is 2.26. The number of nitrogens with zero attached hydrogens (tertiary/aromatic N) is 1. The van der Waals surface area contributed by atoms with E-state index in [4.69, 9.17) is 11.6 Å². The van der Waals surface area contributed by atoms with Gasteiger partial charge in [-0.05, 0) is 24.6 Å². The Kier molecular flexibility index (Phi) is 6.51. The predicted molar refractivity (Wildman–Crippen MR) is 93.2 cm³/mol. The molecule has 0 aromatic heterocycles. The highest BCUT2D eigenvalue weighted by Gasteiger charge is 2.30. The molecule has 1 heterocycles. The quantitative estimate of drug-likeness (QED) is 0.779. The fourth-order valence-corrected chi connectivity index (χ4v) is 3.51. The van der Waals surface area contributed by atoms with E-state index in [1.807, 2.05) is 6.07 Å². The monoisotopic (exact) mass is 370 g/mol. The number of amides is 2. The van der Waals surface area contributed by atoms with Gasteiger partial charge in [-0.1, -0.05) is 11.6 Å². The Morgan fingerprint density at radius 1 is 1.42 bits per heavy atom. The zero-order valence-electron chi connectivity index (χ0n) is 13.5. The van der Waals surface area contributed by atoms with Crippen LogP contribution >= 0.6 is 23.4 Å². The van der Waals surface area contributed by atoms with Crippen LogP contribution < -0.4 is 5.32 Å². The van der Waals surface area contributed by atoms with Gasteiger partial charge in [0.15, 0.2) is 0 Å². The molecule has 6 nitrogen and oxygen atoms in total. The van der Waals surface area contributed by atoms with E-state index in [2.05, 4.69) is 10.1 Å². The lowest BCUT2D eigenvalue weighted by Gasteiger charge is -2.25. The summed E-state index contributed by atoms with van der Waals surface area (Å²) in [5.74, 6) is -0.635. The summed E-state index contributed by atoms with van der Waals surface area (Å²) in [5.41, 5.74) is 0.674. The van der Waals surface area contributed by atoms with Crippen LogP contribution in [0.1, 0.15) is 19.3 Å². The lowest BCUT2D eigenvalue weighted by atomic mass is 10.2. The van der Waals surface area contributed by atoms with Crippen molar-refractivity contribution in [2.45, 2.75) is 29.4 Å². The Bertz CT molecular complexity index is 653. The van der Waals surface area contributed by atoms with Gasteiger partial charge in [0.25, 0.3) is 0 Å². The molecule has 0 unspecified atom stereocenters. The first-order chi connectivity index (χ1) is 11.4. The third-order valence-corrected chi connectivity index (χ3v) is 5.16. The number of nitrogens with one attached hydrogen (secondary N) is 1. The smallest absolute Gasteiger partial charge is 0.305 e. The summed E-state index contributed by atoms with van der Waals surface area (Å²) in [6.07, 6.45) is 0.897. The third kappa shape index (κ3) is 4.88. The minimum atomic E-state index is -0.478. The summed E-state index contributed by atoms with van der Waals surface area (Å²) >= 11 is 7.27. The Balaban J connectivity index is 1.88.